The lowest BCUT2D eigenvalue weighted by molar-refractivity contribution is 0.415. The molecule has 0 saturated heterocycles. The topological polar surface area (TPSA) is 47.3 Å². The van der Waals surface area contributed by atoms with Gasteiger partial charge in [0.15, 0.2) is 11.5 Å². The Morgan fingerprint density at radius 1 is 1.19 bits per heavy atom. The lowest BCUT2D eigenvalue weighted by Crippen LogP contribution is -2.05. The zero-order valence-corrected chi connectivity index (χ0v) is 12.2. The molecular formula is C17H18N2O2. The summed E-state index contributed by atoms with van der Waals surface area (Å²) >= 11 is 0. The van der Waals surface area contributed by atoms with E-state index < -0.39 is 0 Å². The number of ether oxygens (including phenoxy) is 1. The molecule has 0 spiro atoms. The Bertz CT molecular complexity index is 749. The number of oxazole rings is 1. The minimum atomic E-state index is 0.735. The van der Waals surface area contributed by atoms with Crippen molar-refractivity contribution in [1.82, 2.24) is 4.98 Å². The molecule has 1 aromatic heterocycles. The number of nitrogens with one attached hydrogen (secondary N) is 1. The van der Waals surface area contributed by atoms with Crippen molar-refractivity contribution in [1.29, 1.82) is 0 Å². The average Bonchev–Trinajstić information content (AvgIpc) is 2.90. The standard InChI is InChI=1S/C17H18N2O2/c1-12-5-3-4-6-14(12)18-10-9-17-19-15-11-13(20-2)7-8-16(15)21-17/h3-8,11,18H,9-10H2,1-2H3. The highest BCUT2D eigenvalue weighted by molar-refractivity contribution is 5.74. The van der Waals surface area contributed by atoms with Crippen LogP contribution in [0.1, 0.15) is 11.5 Å². The fraction of sp³-hybridized carbons (Fsp3) is 0.235. The maximum atomic E-state index is 5.73. The van der Waals surface area contributed by atoms with Crippen molar-refractivity contribution in [3.8, 4) is 5.75 Å². The van der Waals surface area contributed by atoms with Crippen LogP contribution in [-0.2, 0) is 6.42 Å². The first kappa shape index (κ1) is 13.5. The molecule has 0 fully saturated rings. The highest BCUT2D eigenvalue weighted by atomic mass is 16.5. The van der Waals surface area contributed by atoms with Crippen LogP contribution in [-0.4, -0.2) is 18.6 Å². The lowest BCUT2D eigenvalue weighted by atomic mass is 10.2. The number of hydrogen-bond acceptors (Lipinski definition) is 4. The fourth-order valence-corrected chi connectivity index (χ4v) is 2.26. The van der Waals surface area contributed by atoms with Gasteiger partial charge in [0.05, 0.1) is 7.11 Å². The first-order chi connectivity index (χ1) is 10.3. The summed E-state index contributed by atoms with van der Waals surface area (Å²) in [4.78, 5) is 4.49. The van der Waals surface area contributed by atoms with Gasteiger partial charge in [-0.2, -0.15) is 0 Å². The van der Waals surface area contributed by atoms with E-state index in [1.54, 1.807) is 7.11 Å². The minimum Gasteiger partial charge on any atom is -0.497 e. The summed E-state index contributed by atoms with van der Waals surface area (Å²) in [6.45, 7) is 2.88. The normalized spacial score (nSPS) is 10.8. The molecule has 3 aromatic rings. The molecule has 21 heavy (non-hydrogen) atoms. The van der Waals surface area contributed by atoms with Crippen molar-refractivity contribution in [2.75, 3.05) is 19.0 Å². The van der Waals surface area contributed by atoms with E-state index in [0.29, 0.717) is 0 Å². The number of benzene rings is 2. The highest BCUT2D eigenvalue weighted by Crippen LogP contribution is 2.21. The number of nitrogens with zero attached hydrogens (tertiary/aromatic N) is 1. The molecule has 0 bridgehead atoms. The third kappa shape index (κ3) is 2.99. The zero-order valence-electron chi connectivity index (χ0n) is 12.2. The average molecular weight is 282 g/mol. The molecule has 0 aliphatic carbocycles. The Kier molecular flexibility index (Phi) is 3.77. The minimum absolute atomic E-state index is 0.735. The van der Waals surface area contributed by atoms with E-state index in [1.807, 2.05) is 30.3 Å². The van der Waals surface area contributed by atoms with Crippen LogP contribution >= 0.6 is 0 Å². The summed E-state index contributed by atoms with van der Waals surface area (Å²) in [5, 5.41) is 3.40. The largest absolute Gasteiger partial charge is 0.497 e. The lowest BCUT2D eigenvalue weighted by Gasteiger charge is -2.07. The second-order valence-corrected chi connectivity index (χ2v) is 4.93. The number of aromatic nitrogens is 1. The van der Waals surface area contributed by atoms with E-state index in [9.17, 15) is 0 Å². The first-order valence-electron chi connectivity index (χ1n) is 6.99. The van der Waals surface area contributed by atoms with E-state index in [2.05, 4.69) is 29.4 Å². The molecule has 2 aromatic carbocycles. The van der Waals surface area contributed by atoms with Gasteiger partial charge in [0.2, 0.25) is 0 Å². The van der Waals surface area contributed by atoms with Crippen LogP contribution in [0, 0.1) is 6.92 Å². The van der Waals surface area contributed by atoms with Gasteiger partial charge >= 0.3 is 0 Å². The Hall–Kier alpha value is -2.49. The predicted molar refractivity (Wildman–Crippen MR) is 83.9 cm³/mol. The molecule has 1 N–H and O–H groups in total. The van der Waals surface area contributed by atoms with Crippen LogP contribution < -0.4 is 10.1 Å². The molecule has 0 aliphatic heterocycles. The van der Waals surface area contributed by atoms with Crippen LogP contribution in [0.25, 0.3) is 11.1 Å². The summed E-state index contributed by atoms with van der Waals surface area (Å²) in [5.41, 5.74) is 4.01. The monoisotopic (exact) mass is 282 g/mol. The maximum absolute atomic E-state index is 5.73. The second kappa shape index (κ2) is 5.87. The Morgan fingerprint density at radius 3 is 2.86 bits per heavy atom. The van der Waals surface area contributed by atoms with E-state index in [4.69, 9.17) is 9.15 Å². The van der Waals surface area contributed by atoms with Gasteiger partial charge in [-0.05, 0) is 30.7 Å². The van der Waals surface area contributed by atoms with Crippen molar-refractivity contribution in [2.24, 2.45) is 0 Å². The molecule has 0 unspecified atom stereocenters. The SMILES string of the molecule is COc1ccc2oc(CCNc3ccccc3C)nc2c1. The van der Waals surface area contributed by atoms with Crippen LogP contribution in [0.3, 0.4) is 0 Å². The van der Waals surface area contributed by atoms with Gasteiger partial charge in [0.1, 0.15) is 11.3 Å². The maximum Gasteiger partial charge on any atom is 0.197 e. The molecule has 1 heterocycles. The Morgan fingerprint density at radius 2 is 2.05 bits per heavy atom. The van der Waals surface area contributed by atoms with Crippen LogP contribution in [0.15, 0.2) is 46.9 Å². The Labute approximate surface area is 123 Å². The van der Waals surface area contributed by atoms with Crippen molar-refractivity contribution < 1.29 is 9.15 Å². The smallest absolute Gasteiger partial charge is 0.197 e. The number of hydrogen-bond donors (Lipinski definition) is 1. The van der Waals surface area contributed by atoms with Gasteiger partial charge in [0, 0.05) is 24.7 Å². The highest BCUT2D eigenvalue weighted by Gasteiger charge is 2.06. The molecule has 108 valence electrons. The number of anilines is 1. The molecule has 0 amide bonds. The van der Waals surface area contributed by atoms with Gasteiger partial charge in [0.25, 0.3) is 0 Å². The molecule has 4 nitrogen and oxygen atoms in total. The third-order valence-corrected chi connectivity index (χ3v) is 3.44. The molecule has 0 saturated carbocycles. The summed E-state index contributed by atoms with van der Waals surface area (Å²) in [6, 6.07) is 13.9. The zero-order chi connectivity index (χ0) is 14.7. The summed E-state index contributed by atoms with van der Waals surface area (Å²) in [5.74, 6) is 1.53. The summed E-state index contributed by atoms with van der Waals surface area (Å²) in [6.07, 6.45) is 0.741. The molecule has 4 heteroatoms. The first-order valence-corrected chi connectivity index (χ1v) is 6.99. The van der Waals surface area contributed by atoms with E-state index >= 15 is 0 Å². The van der Waals surface area contributed by atoms with E-state index in [0.717, 1.165) is 41.4 Å². The van der Waals surface area contributed by atoms with E-state index in [-0.39, 0.29) is 0 Å². The molecular weight excluding hydrogens is 264 g/mol. The van der Waals surface area contributed by atoms with Gasteiger partial charge in [-0.1, -0.05) is 18.2 Å². The van der Waals surface area contributed by atoms with E-state index in [1.165, 1.54) is 5.56 Å². The Balaban J connectivity index is 1.67. The predicted octanol–water partition coefficient (Wildman–Crippen LogP) is 3.80. The number of fused-ring (bicyclic) bond motifs is 1. The molecule has 0 aliphatic rings. The number of aryl methyl sites for hydroxylation is 1. The van der Waals surface area contributed by atoms with Gasteiger partial charge in [-0.15, -0.1) is 0 Å². The summed E-state index contributed by atoms with van der Waals surface area (Å²) in [7, 11) is 1.65. The van der Waals surface area contributed by atoms with Crippen molar-refractivity contribution in [3.05, 3.63) is 53.9 Å². The number of rotatable bonds is 5. The van der Waals surface area contributed by atoms with Gasteiger partial charge < -0.3 is 14.5 Å². The van der Waals surface area contributed by atoms with Crippen LogP contribution in [0.5, 0.6) is 5.75 Å². The van der Waals surface area contributed by atoms with Crippen LogP contribution in [0.2, 0.25) is 0 Å². The molecule has 3 rings (SSSR count). The van der Waals surface area contributed by atoms with Crippen molar-refractivity contribution in [3.63, 3.8) is 0 Å². The van der Waals surface area contributed by atoms with Crippen molar-refractivity contribution in [2.45, 2.75) is 13.3 Å². The quantitative estimate of drug-likeness (QED) is 0.773. The second-order valence-electron chi connectivity index (χ2n) is 4.93. The van der Waals surface area contributed by atoms with Gasteiger partial charge in [-0.25, -0.2) is 4.98 Å². The third-order valence-electron chi connectivity index (χ3n) is 3.44. The molecule has 0 atom stereocenters. The number of methoxy groups -OCH3 is 1. The van der Waals surface area contributed by atoms with Crippen LogP contribution in [0.4, 0.5) is 5.69 Å². The summed E-state index contributed by atoms with van der Waals surface area (Å²) < 4.78 is 10.9. The van der Waals surface area contributed by atoms with Gasteiger partial charge in [-0.3, -0.25) is 0 Å². The number of para-hydroxylation sites is 1. The molecule has 0 radical (unpaired) electrons. The fourth-order valence-electron chi connectivity index (χ4n) is 2.26. The van der Waals surface area contributed by atoms with Crippen molar-refractivity contribution >= 4 is 16.8 Å².